The van der Waals surface area contributed by atoms with Crippen LogP contribution in [0.1, 0.15) is 5.69 Å². The topological polar surface area (TPSA) is 111 Å². The quantitative estimate of drug-likeness (QED) is 0.506. The van der Waals surface area contributed by atoms with Crippen molar-refractivity contribution in [1.29, 1.82) is 0 Å². The fourth-order valence-corrected chi connectivity index (χ4v) is 1.39. The minimum atomic E-state index is 0.415. The third-order valence-electron chi connectivity index (χ3n) is 2.22. The Kier molecular flexibility index (Phi) is 3.82. The zero-order valence-corrected chi connectivity index (χ0v) is 9.79. The summed E-state index contributed by atoms with van der Waals surface area (Å²) in [5, 5.41) is 3.09. The molecule has 18 heavy (non-hydrogen) atoms. The fourth-order valence-electron chi connectivity index (χ4n) is 1.39. The number of ether oxygens (including phenoxy) is 1. The van der Waals surface area contributed by atoms with Crippen molar-refractivity contribution in [2.75, 3.05) is 17.9 Å². The van der Waals surface area contributed by atoms with Crippen molar-refractivity contribution in [3.05, 3.63) is 30.6 Å². The van der Waals surface area contributed by atoms with E-state index < -0.39 is 0 Å². The zero-order chi connectivity index (χ0) is 12.8. The van der Waals surface area contributed by atoms with Gasteiger partial charge in [0, 0.05) is 6.20 Å². The summed E-state index contributed by atoms with van der Waals surface area (Å²) in [5.41, 5.74) is 3.28. The van der Waals surface area contributed by atoms with Crippen LogP contribution in [0.4, 0.5) is 11.6 Å². The maximum Gasteiger partial charge on any atom is 0.205 e. The van der Waals surface area contributed by atoms with E-state index in [9.17, 15) is 0 Å². The molecule has 2 heterocycles. The molecule has 4 N–H and O–H groups in total. The predicted molar refractivity (Wildman–Crippen MR) is 65.8 cm³/mol. The lowest BCUT2D eigenvalue weighted by molar-refractivity contribution is 0.414. The number of methoxy groups -OCH3 is 1. The van der Waals surface area contributed by atoms with Crippen LogP contribution < -0.4 is 21.3 Å². The first-order chi connectivity index (χ1) is 8.85. The van der Waals surface area contributed by atoms with Crippen molar-refractivity contribution in [3.63, 3.8) is 0 Å². The van der Waals surface area contributed by atoms with Gasteiger partial charge in [-0.3, -0.25) is 0 Å². The average molecular weight is 247 g/mol. The highest BCUT2D eigenvalue weighted by Gasteiger charge is 2.10. The van der Waals surface area contributed by atoms with Gasteiger partial charge >= 0.3 is 0 Å². The molecule has 94 valence electrons. The lowest BCUT2D eigenvalue weighted by atomic mass is 10.4. The molecule has 0 saturated carbocycles. The zero-order valence-electron chi connectivity index (χ0n) is 9.79. The number of aromatic nitrogens is 4. The number of anilines is 2. The largest absolute Gasteiger partial charge is 0.490 e. The van der Waals surface area contributed by atoms with E-state index in [2.05, 4.69) is 30.7 Å². The van der Waals surface area contributed by atoms with Crippen LogP contribution in [0.2, 0.25) is 0 Å². The maximum absolute atomic E-state index is 5.33. The number of hydrogen-bond donors (Lipinski definition) is 3. The van der Waals surface area contributed by atoms with Crippen molar-refractivity contribution in [1.82, 2.24) is 19.9 Å². The Morgan fingerprint density at radius 1 is 1.22 bits per heavy atom. The molecule has 0 atom stereocenters. The molecule has 0 aromatic carbocycles. The molecule has 8 nitrogen and oxygen atoms in total. The molecule has 0 amide bonds. The Morgan fingerprint density at radius 3 is 2.72 bits per heavy atom. The van der Waals surface area contributed by atoms with Gasteiger partial charge in [0.25, 0.3) is 0 Å². The number of nitrogens with zero attached hydrogens (tertiary/aromatic N) is 4. The summed E-state index contributed by atoms with van der Waals surface area (Å²) in [6, 6.07) is 1.81. The highest BCUT2D eigenvalue weighted by Crippen LogP contribution is 2.28. The summed E-state index contributed by atoms with van der Waals surface area (Å²) in [6.45, 7) is 0.500. The normalized spacial score (nSPS) is 9.89. The maximum atomic E-state index is 5.33. The van der Waals surface area contributed by atoms with Gasteiger partial charge < -0.3 is 15.5 Å². The molecule has 2 aromatic rings. The Morgan fingerprint density at radius 2 is 2.06 bits per heavy atom. The van der Waals surface area contributed by atoms with E-state index in [4.69, 9.17) is 10.6 Å². The SMILES string of the molecule is COc1c(NN)ncnc1NCc1ccncn1. The second-order valence-corrected chi connectivity index (χ2v) is 3.30. The van der Waals surface area contributed by atoms with E-state index in [0.29, 0.717) is 23.9 Å². The van der Waals surface area contributed by atoms with Crippen molar-refractivity contribution in [2.45, 2.75) is 6.54 Å². The number of nitrogens with one attached hydrogen (secondary N) is 2. The van der Waals surface area contributed by atoms with Crippen molar-refractivity contribution >= 4 is 11.6 Å². The van der Waals surface area contributed by atoms with Gasteiger partial charge in [-0.2, -0.15) is 0 Å². The first kappa shape index (κ1) is 12.0. The van der Waals surface area contributed by atoms with Crippen molar-refractivity contribution in [3.8, 4) is 5.75 Å². The van der Waals surface area contributed by atoms with Gasteiger partial charge in [-0.1, -0.05) is 0 Å². The molecule has 0 saturated heterocycles. The van der Waals surface area contributed by atoms with E-state index in [0.717, 1.165) is 5.69 Å². The van der Waals surface area contributed by atoms with E-state index in [-0.39, 0.29) is 0 Å². The van der Waals surface area contributed by atoms with Gasteiger partial charge in [0.05, 0.1) is 19.3 Å². The third-order valence-corrected chi connectivity index (χ3v) is 2.22. The lowest BCUT2D eigenvalue weighted by Gasteiger charge is -2.12. The van der Waals surface area contributed by atoms with Crippen molar-refractivity contribution < 1.29 is 4.74 Å². The molecule has 2 aromatic heterocycles. The van der Waals surface area contributed by atoms with Crippen LogP contribution in [0.5, 0.6) is 5.75 Å². The van der Waals surface area contributed by atoms with Crippen LogP contribution >= 0.6 is 0 Å². The molecule has 0 bridgehead atoms. The van der Waals surface area contributed by atoms with Gasteiger partial charge in [-0.05, 0) is 6.07 Å². The van der Waals surface area contributed by atoms with Gasteiger partial charge in [0.1, 0.15) is 12.7 Å². The summed E-state index contributed by atoms with van der Waals surface area (Å²) in [5.74, 6) is 6.74. The van der Waals surface area contributed by atoms with Crippen LogP contribution in [0.15, 0.2) is 24.9 Å². The number of hydrazine groups is 1. The summed E-state index contributed by atoms with van der Waals surface area (Å²) >= 11 is 0. The molecule has 0 unspecified atom stereocenters. The standard InChI is InChI=1S/C10H13N7O/c1-18-8-9(15-6-16-10(8)17-11)13-4-7-2-3-12-5-14-7/h2-3,5-6H,4,11H2,1H3,(H2,13,15,16,17). The first-order valence-corrected chi connectivity index (χ1v) is 5.19. The molecule has 8 heteroatoms. The van der Waals surface area contributed by atoms with E-state index >= 15 is 0 Å². The summed E-state index contributed by atoms with van der Waals surface area (Å²) in [6.07, 6.45) is 4.55. The van der Waals surface area contributed by atoms with Crippen LogP contribution in [0.3, 0.4) is 0 Å². The van der Waals surface area contributed by atoms with Crippen LogP contribution in [-0.4, -0.2) is 27.0 Å². The smallest absolute Gasteiger partial charge is 0.205 e. The summed E-state index contributed by atoms with van der Waals surface area (Å²) in [7, 11) is 1.52. The number of nitrogen functional groups attached to an aromatic ring is 1. The number of rotatable bonds is 5. The van der Waals surface area contributed by atoms with Gasteiger partial charge in [-0.25, -0.2) is 25.8 Å². The molecule has 2 rings (SSSR count). The van der Waals surface area contributed by atoms with Crippen molar-refractivity contribution in [2.24, 2.45) is 5.84 Å². The Bertz CT molecular complexity index is 505. The average Bonchev–Trinajstić information content (AvgIpc) is 2.45. The minimum Gasteiger partial charge on any atom is -0.490 e. The van der Waals surface area contributed by atoms with E-state index in [1.165, 1.54) is 19.8 Å². The molecule has 0 radical (unpaired) electrons. The second-order valence-electron chi connectivity index (χ2n) is 3.30. The van der Waals surface area contributed by atoms with E-state index in [1.807, 2.05) is 6.07 Å². The van der Waals surface area contributed by atoms with Gasteiger partial charge in [-0.15, -0.1) is 0 Å². The third kappa shape index (κ3) is 2.61. The number of hydrogen-bond acceptors (Lipinski definition) is 8. The van der Waals surface area contributed by atoms with Crippen LogP contribution in [0, 0.1) is 0 Å². The fraction of sp³-hybridized carbons (Fsp3) is 0.200. The first-order valence-electron chi connectivity index (χ1n) is 5.19. The molecular formula is C10H13N7O. The second kappa shape index (κ2) is 5.73. The Balaban J connectivity index is 2.14. The minimum absolute atomic E-state index is 0.415. The van der Waals surface area contributed by atoms with Gasteiger partial charge in [0.2, 0.25) is 5.75 Å². The molecule has 0 aliphatic carbocycles. The molecule has 0 aliphatic heterocycles. The lowest BCUT2D eigenvalue weighted by Crippen LogP contribution is -2.12. The highest BCUT2D eigenvalue weighted by molar-refractivity contribution is 5.62. The molecular weight excluding hydrogens is 234 g/mol. The molecule has 0 spiro atoms. The van der Waals surface area contributed by atoms with Crippen LogP contribution in [-0.2, 0) is 6.54 Å². The van der Waals surface area contributed by atoms with Crippen LogP contribution in [0.25, 0.3) is 0 Å². The molecule has 0 aliphatic rings. The van der Waals surface area contributed by atoms with Gasteiger partial charge in [0.15, 0.2) is 11.6 Å². The Labute approximate surface area is 104 Å². The molecule has 0 fully saturated rings. The predicted octanol–water partition coefficient (Wildman–Crippen LogP) is 0.173. The van der Waals surface area contributed by atoms with E-state index in [1.54, 1.807) is 6.20 Å². The highest BCUT2D eigenvalue weighted by atomic mass is 16.5. The summed E-state index contributed by atoms with van der Waals surface area (Å²) in [4.78, 5) is 16.0. The summed E-state index contributed by atoms with van der Waals surface area (Å²) < 4.78 is 5.19. The monoisotopic (exact) mass is 247 g/mol. The number of nitrogens with two attached hydrogens (primary N) is 1. The Hall–Kier alpha value is -2.48.